The lowest BCUT2D eigenvalue weighted by atomic mass is 10.1. The molecule has 0 unspecified atom stereocenters. The van der Waals surface area contributed by atoms with Gasteiger partial charge in [-0.05, 0) is 63.4 Å². The van der Waals surface area contributed by atoms with E-state index in [1.165, 1.54) is 26.0 Å². The first-order valence-corrected chi connectivity index (χ1v) is 11.5. The summed E-state index contributed by atoms with van der Waals surface area (Å²) >= 11 is 0. The van der Waals surface area contributed by atoms with Gasteiger partial charge in [0.15, 0.2) is 17.5 Å². The van der Waals surface area contributed by atoms with Crippen molar-refractivity contribution in [2.45, 2.75) is 45.6 Å². The highest BCUT2D eigenvalue weighted by atomic mass is 19.1. The van der Waals surface area contributed by atoms with Crippen molar-refractivity contribution in [3.05, 3.63) is 71.8 Å². The number of aromatic nitrogens is 6. The third kappa shape index (κ3) is 4.69. The van der Waals surface area contributed by atoms with Gasteiger partial charge in [0, 0.05) is 18.2 Å². The molecule has 0 radical (unpaired) electrons. The normalized spacial score (nSPS) is 14.1. The topological polar surface area (TPSA) is 95.0 Å². The molecule has 10 heteroatoms. The summed E-state index contributed by atoms with van der Waals surface area (Å²) in [5.74, 6) is 1.31. The van der Waals surface area contributed by atoms with Crippen LogP contribution in [0.4, 0.5) is 10.2 Å². The Morgan fingerprint density at radius 2 is 2.06 bits per heavy atom. The van der Waals surface area contributed by atoms with Crippen molar-refractivity contribution in [1.82, 2.24) is 34.8 Å². The highest BCUT2D eigenvalue weighted by Gasteiger charge is 2.26. The summed E-state index contributed by atoms with van der Waals surface area (Å²) in [6, 6.07) is 8.81. The SMILES string of the molecule is CONC(=Nc1cccc(-c2nncn2C(C)C)n1)c1cc(-n2cnc(C3CC3)c2)c(C)cc1F. The molecular weight excluding hydrogens is 447 g/mol. The minimum absolute atomic E-state index is 0.170. The van der Waals surface area contributed by atoms with Gasteiger partial charge in [-0.1, -0.05) is 6.07 Å². The molecule has 1 fully saturated rings. The van der Waals surface area contributed by atoms with E-state index in [4.69, 9.17) is 4.84 Å². The largest absolute Gasteiger partial charge is 0.310 e. The number of imidazole rings is 1. The van der Waals surface area contributed by atoms with Crippen LogP contribution in [0.2, 0.25) is 0 Å². The second kappa shape index (κ2) is 9.38. The Kier molecular flexibility index (Phi) is 6.12. The van der Waals surface area contributed by atoms with E-state index in [9.17, 15) is 0 Å². The molecule has 0 saturated heterocycles. The number of amidine groups is 1. The molecule has 0 spiro atoms. The molecule has 0 bridgehead atoms. The fraction of sp³-hybridized carbons (Fsp3) is 0.320. The van der Waals surface area contributed by atoms with E-state index in [0.29, 0.717) is 23.3 Å². The second-order valence-electron chi connectivity index (χ2n) is 8.90. The number of hydroxylamine groups is 1. The summed E-state index contributed by atoms with van der Waals surface area (Å²) in [6.45, 7) is 5.96. The number of aliphatic imine (C=N–C) groups is 1. The third-order valence-electron chi connectivity index (χ3n) is 5.94. The summed E-state index contributed by atoms with van der Waals surface area (Å²) in [6.07, 6.45) is 7.79. The molecule has 9 nitrogen and oxygen atoms in total. The number of nitrogens with one attached hydrogen (secondary N) is 1. The highest BCUT2D eigenvalue weighted by Crippen LogP contribution is 2.39. The maximum Gasteiger partial charge on any atom is 0.182 e. The lowest BCUT2D eigenvalue weighted by Crippen LogP contribution is -2.24. The number of benzene rings is 1. The molecule has 0 aliphatic heterocycles. The molecule has 1 aliphatic carbocycles. The molecule has 1 N–H and O–H groups in total. The molecule has 180 valence electrons. The van der Waals surface area contributed by atoms with E-state index < -0.39 is 5.82 Å². The first-order chi connectivity index (χ1) is 16.9. The van der Waals surface area contributed by atoms with Crippen LogP contribution in [-0.4, -0.2) is 42.2 Å². The summed E-state index contributed by atoms with van der Waals surface area (Å²) in [4.78, 5) is 18.9. The van der Waals surface area contributed by atoms with Crippen LogP contribution >= 0.6 is 0 Å². The van der Waals surface area contributed by atoms with Crippen LogP contribution in [0.5, 0.6) is 0 Å². The average Bonchev–Trinajstić information content (AvgIpc) is 3.35. The number of hydrogen-bond acceptors (Lipinski definition) is 6. The third-order valence-corrected chi connectivity index (χ3v) is 5.94. The Morgan fingerprint density at radius 1 is 1.23 bits per heavy atom. The van der Waals surface area contributed by atoms with Crippen molar-refractivity contribution < 1.29 is 9.23 Å². The van der Waals surface area contributed by atoms with Gasteiger partial charge in [-0.3, -0.25) is 4.84 Å². The van der Waals surface area contributed by atoms with Gasteiger partial charge >= 0.3 is 0 Å². The number of nitrogens with zero attached hydrogens (tertiary/aromatic N) is 7. The Balaban J connectivity index is 1.54. The van der Waals surface area contributed by atoms with Gasteiger partial charge in [0.05, 0.1) is 30.4 Å². The van der Waals surface area contributed by atoms with Crippen LogP contribution in [0, 0.1) is 12.7 Å². The van der Waals surface area contributed by atoms with E-state index >= 15 is 4.39 Å². The first-order valence-electron chi connectivity index (χ1n) is 11.5. The number of hydrogen-bond donors (Lipinski definition) is 1. The molecular formula is C25H27FN8O. The van der Waals surface area contributed by atoms with Crippen LogP contribution in [0.15, 0.2) is 54.2 Å². The summed E-state index contributed by atoms with van der Waals surface area (Å²) in [5.41, 5.74) is 6.26. The number of pyridine rings is 1. The quantitative estimate of drug-likeness (QED) is 0.238. The smallest absolute Gasteiger partial charge is 0.182 e. The van der Waals surface area contributed by atoms with Gasteiger partial charge in [-0.2, -0.15) is 0 Å². The second-order valence-corrected chi connectivity index (χ2v) is 8.90. The fourth-order valence-electron chi connectivity index (χ4n) is 3.94. The zero-order valence-electron chi connectivity index (χ0n) is 20.1. The van der Waals surface area contributed by atoms with Crippen molar-refractivity contribution in [1.29, 1.82) is 0 Å². The molecule has 35 heavy (non-hydrogen) atoms. The Hall–Kier alpha value is -3.92. The van der Waals surface area contributed by atoms with Crippen molar-refractivity contribution >= 4 is 11.7 Å². The molecule has 3 heterocycles. The Bertz CT molecular complexity index is 1390. The predicted octanol–water partition coefficient (Wildman–Crippen LogP) is 4.66. The first kappa shape index (κ1) is 22.9. The van der Waals surface area contributed by atoms with Gasteiger partial charge in [0.25, 0.3) is 0 Å². The summed E-state index contributed by atoms with van der Waals surface area (Å²) < 4.78 is 19.0. The molecule has 1 aromatic carbocycles. The lowest BCUT2D eigenvalue weighted by molar-refractivity contribution is 0.145. The van der Waals surface area contributed by atoms with E-state index in [-0.39, 0.29) is 17.4 Å². The van der Waals surface area contributed by atoms with Crippen molar-refractivity contribution in [2.75, 3.05) is 7.11 Å². The predicted molar refractivity (Wildman–Crippen MR) is 130 cm³/mol. The lowest BCUT2D eigenvalue weighted by Gasteiger charge is -2.14. The standard InChI is InChI=1S/C25H27FN8O/c1-15(2)34-14-28-31-25(34)20-6-5-7-23(29-20)30-24(32-35-4)18-11-22(16(3)10-19(18)26)33-12-21(27-13-33)17-8-9-17/h5-7,10-15,17H,8-9H2,1-4H3,(H,29,30,32). The molecule has 4 aromatic rings. The van der Waals surface area contributed by atoms with Crippen LogP contribution in [-0.2, 0) is 4.84 Å². The fourth-order valence-corrected chi connectivity index (χ4v) is 3.94. The van der Waals surface area contributed by atoms with Crippen LogP contribution in [0.25, 0.3) is 17.2 Å². The van der Waals surface area contributed by atoms with Crippen molar-refractivity contribution in [3.63, 3.8) is 0 Å². The van der Waals surface area contributed by atoms with E-state index in [1.54, 1.807) is 24.8 Å². The minimum Gasteiger partial charge on any atom is -0.310 e. The average molecular weight is 475 g/mol. The molecule has 1 aliphatic rings. The molecule has 3 aromatic heterocycles. The number of aryl methyl sites for hydroxylation is 1. The molecule has 1 saturated carbocycles. The number of rotatable bonds is 7. The van der Waals surface area contributed by atoms with Gasteiger partial charge in [-0.15, -0.1) is 10.2 Å². The minimum atomic E-state index is -0.423. The zero-order valence-corrected chi connectivity index (χ0v) is 20.1. The van der Waals surface area contributed by atoms with Gasteiger partial charge in [0.2, 0.25) is 0 Å². The van der Waals surface area contributed by atoms with Crippen LogP contribution in [0.1, 0.15) is 55.5 Å². The van der Waals surface area contributed by atoms with E-state index in [0.717, 1.165) is 16.9 Å². The molecule has 0 amide bonds. The highest BCUT2D eigenvalue weighted by molar-refractivity contribution is 6.00. The summed E-state index contributed by atoms with van der Waals surface area (Å²) in [7, 11) is 1.45. The zero-order chi connectivity index (χ0) is 24.5. The van der Waals surface area contributed by atoms with Crippen LogP contribution in [0.3, 0.4) is 0 Å². The van der Waals surface area contributed by atoms with Crippen LogP contribution < -0.4 is 5.48 Å². The van der Waals surface area contributed by atoms with Gasteiger partial charge < -0.3 is 9.13 Å². The molecule has 0 atom stereocenters. The summed E-state index contributed by atoms with van der Waals surface area (Å²) in [5, 5.41) is 8.21. The van der Waals surface area contributed by atoms with Gasteiger partial charge in [-0.25, -0.2) is 24.8 Å². The van der Waals surface area contributed by atoms with Gasteiger partial charge in [0.1, 0.15) is 17.8 Å². The van der Waals surface area contributed by atoms with Crippen molar-refractivity contribution in [2.24, 2.45) is 4.99 Å². The maximum atomic E-state index is 15.2. The van der Waals surface area contributed by atoms with E-state index in [1.807, 2.05) is 48.2 Å². The maximum absolute atomic E-state index is 15.2. The van der Waals surface area contributed by atoms with Crippen molar-refractivity contribution in [3.8, 4) is 17.2 Å². The van der Waals surface area contributed by atoms with E-state index in [2.05, 4.69) is 30.6 Å². The Labute approximate surface area is 202 Å². The Morgan fingerprint density at radius 3 is 2.80 bits per heavy atom. The monoisotopic (exact) mass is 474 g/mol. The molecule has 5 rings (SSSR count). The number of halogens is 1.